The maximum atomic E-state index is 12.7. The molecule has 33 heavy (non-hydrogen) atoms. The summed E-state index contributed by atoms with van der Waals surface area (Å²) >= 11 is 0. The van der Waals surface area contributed by atoms with E-state index in [-0.39, 0.29) is 10.8 Å². The lowest BCUT2D eigenvalue weighted by molar-refractivity contribution is -0.116. The summed E-state index contributed by atoms with van der Waals surface area (Å²) in [4.78, 5) is 12.5. The van der Waals surface area contributed by atoms with E-state index in [1.165, 1.54) is 4.31 Å². The van der Waals surface area contributed by atoms with Gasteiger partial charge in [-0.1, -0.05) is 19.1 Å². The summed E-state index contributed by atoms with van der Waals surface area (Å²) in [6.45, 7) is 5.89. The van der Waals surface area contributed by atoms with Crippen LogP contribution in [0.1, 0.15) is 26.7 Å². The molecule has 3 aromatic rings. The van der Waals surface area contributed by atoms with Crippen LogP contribution in [0.4, 0.5) is 5.69 Å². The summed E-state index contributed by atoms with van der Waals surface area (Å²) in [5, 5.41) is 11.1. The number of amides is 1. The van der Waals surface area contributed by atoms with Gasteiger partial charge in [0.2, 0.25) is 15.9 Å². The molecule has 11 heteroatoms. The molecule has 4 rings (SSSR count). The molecular formula is C22H27N5O5S. The van der Waals surface area contributed by atoms with Crippen molar-refractivity contribution in [1.29, 1.82) is 0 Å². The first kappa shape index (κ1) is 23.0. The average Bonchev–Trinajstić information content (AvgIpc) is 3.22. The molecule has 0 fully saturated rings. The van der Waals surface area contributed by atoms with Gasteiger partial charge in [0.25, 0.3) is 0 Å². The smallest absolute Gasteiger partial charge is 0.243 e. The number of anilines is 1. The highest BCUT2D eigenvalue weighted by Gasteiger charge is 2.22. The van der Waals surface area contributed by atoms with Crippen LogP contribution in [0.25, 0.3) is 11.0 Å². The number of aromatic nitrogens is 3. The fourth-order valence-electron chi connectivity index (χ4n) is 3.72. The van der Waals surface area contributed by atoms with E-state index in [2.05, 4.69) is 15.6 Å². The fraction of sp³-hybridized carbons (Fsp3) is 0.409. The zero-order chi connectivity index (χ0) is 23.4. The molecule has 1 aromatic heterocycles. The Balaban J connectivity index is 1.36. The maximum absolute atomic E-state index is 12.7. The molecule has 0 atom stereocenters. The van der Waals surface area contributed by atoms with Crippen LogP contribution >= 0.6 is 0 Å². The Labute approximate surface area is 192 Å². The number of sulfonamides is 1. The van der Waals surface area contributed by atoms with Gasteiger partial charge in [-0.3, -0.25) is 4.79 Å². The summed E-state index contributed by atoms with van der Waals surface area (Å²) < 4.78 is 39.6. The second kappa shape index (κ2) is 9.75. The average molecular weight is 474 g/mol. The summed E-state index contributed by atoms with van der Waals surface area (Å²) in [6, 6.07) is 10.1. The molecule has 0 saturated carbocycles. The van der Waals surface area contributed by atoms with Crippen LogP contribution in [-0.4, -0.2) is 59.9 Å². The van der Waals surface area contributed by atoms with Gasteiger partial charge >= 0.3 is 0 Å². The molecule has 1 amide bonds. The van der Waals surface area contributed by atoms with Gasteiger partial charge in [0.1, 0.15) is 18.7 Å². The summed E-state index contributed by atoms with van der Waals surface area (Å²) in [7, 11) is -3.56. The Morgan fingerprint density at radius 1 is 1.09 bits per heavy atom. The molecule has 10 nitrogen and oxygen atoms in total. The first-order valence-electron chi connectivity index (χ1n) is 10.9. The largest absolute Gasteiger partial charge is 0.486 e. The Morgan fingerprint density at radius 3 is 2.61 bits per heavy atom. The molecule has 1 N–H and O–H groups in total. The lowest BCUT2D eigenvalue weighted by atomic mass is 10.2. The summed E-state index contributed by atoms with van der Waals surface area (Å²) in [5.41, 5.74) is 1.88. The third-order valence-electron chi connectivity index (χ3n) is 5.43. The number of ether oxygens (including phenoxy) is 2. The standard InChI is InChI=1S/C22H27N5O5S/c1-3-26(4-2)33(29,30)17-8-9-19-18(15-17)24-25-27(19)11-5-6-22(28)23-16-7-10-20-21(14-16)32-13-12-31-20/h7-10,14-15H,3-6,11-13H2,1-2H3,(H,23,28). The molecule has 0 aliphatic carbocycles. The summed E-state index contributed by atoms with van der Waals surface area (Å²) in [6.07, 6.45) is 0.846. The van der Waals surface area contributed by atoms with Crippen LogP contribution in [0.15, 0.2) is 41.3 Å². The molecule has 0 radical (unpaired) electrons. The number of fused-ring (bicyclic) bond motifs is 2. The van der Waals surface area contributed by atoms with Crippen molar-refractivity contribution in [3.05, 3.63) is 36.4 Å². The third kappa shape index (κ3) is 4.93. The van der Waals surface area contributed by atoms with E-state index in [0.717, 1.165) is 5.52 Å². The molecule has 2 heterocycles. The predicted molar refractivity (Wildman–Crippen MR) is 123 cm³/mol. The number of benzene rings is 2. The minimum Gasteiger partial charge on any atom is -0.486 e. The van der Waals surface area contributed by atoms with Crippen LogP contribution in [-0.2, 0) is 21.4 Å². The molecule has 0 unspecified atom stereocenters. The number of hydrogen-bond donors (Lipinski definition) is 1. The predicted octanol–water partition coefficient (Wildman–Crippen LogP) is 2.65. The maximum Gasteiger partial charge on any atom is 0.243 e. The van der Waals surface area contributed by atoms with E-state index < -0.39 is 10.0 Å². The van der Waals surface area contributed by atoms with E-state index in [1.807, 2.05) is 0 Å². The van der Waals surface area contributed by atoms with Crippen molar-refractivity contribution < 1.29 is 22.7 Å². The second-order valence-corrected chi connectivity index (χ2v) is 9.50. The number of hydrogen-bond acceptors (Lipinski definition) is 7. The van der Waals surface area contributed by atoms with Gasteiger partial charge in [-0.2, -0.15) is 4.31 Å². The van der Waals surface area contributed by atoms with E-state index in [0.29, 0.717) is 68.4 Å². The van der Waals surface area contributed by atoms with Crippen molar-refractivity contribution >= 4 is 32.7 Å². The Morgan fingerprint density at radius 2 is 1.85 bits per heavy atom. The van der Waals surface area contributed by atoms with Gasteiger partial charge < -0.3 is 14.8 Å². The van der Waals surface area contributed by atoms with Crippen molar-refractivity contribution in [3.63, 3.8) is 0 Å². The number of aryl methyl sites for hydroxylation is 1. The highest BCUT2D eigenvalue weighted by molar-refractivity contribution is 7.89. The van der Waals surface area contributed by atoms with Gasteiger partial charge in [-0.05, 0) is 36.8 Å². The first-order valence-corrected chi connectivity index (χ1v) is 12.4. The Hall–Kier alpha value is -3.18. The number of rotatable bonds is 9. The minimum atomic E-state index is -3.56. The van der Waals surface area contributed by atoms with E-state index in [4.69, 9.17) is 9.47 Å². The monoisotopic (exact) mass is 473 g/mol. The van der Waals surface area contributed by atoms with Gasteiger partial charge in [0.05, 0.1) is 10.4 Å². The fourth-order valence-corrected chi connectivity index (χ4v) is 5.20. The Bertz CT molecular complexity index is 1250. The topological polar surface area (TPSA) is 116 Å². The lowest BCUT2D eigenvalue weighted by Gasteiger charge is -2.19. The molecule has 1 aliphatic rings. The molecule has 2 aromatic carbocycles. The van der Waals surface area contributed by atoms with Crippen molar-refractivity contribution in [1.82, 2.24) is 19.3 Å². The van der Waals surface area contributed by atoms with Crippen molar-refractivity contribution in [3.8, 4) is 11.5 Å². The van der Waals surface area contributed by atoms with Crippen LogP contribution in [0, 0.1) is 0 Å². The number of nitrogens with one attached hydrogen (secondary N) is 1. The van der Waals surface area contributed by atoms with Crippen LogP contribution in [0.2, 0.25) is 0 Å². The summed E-state index contributed by atoms with van der Waals surface area (Å²) in [5.74, 6) is 1.17. The number of carbonyl (C=O) groups excluding carboxylic acids is 1. The van der Waals surface area contributed by atoms with Gasteiger partial charge in [-0.15, -0.1) is 5.10 Å². The molecular weight excluding hydrogens is 446 g/mol. The van der Waals surface area contributed by atoms with Crippen LogP contribution in [0.5, 0.6) is 11.5 Å². The molecule has 0 spiro atoms. The lowest BCUT2D eigenvalue weighted by Crippen LogP contribution is -2.30. The van der Waals surface area contributed by atoms with Gasteiger partial charge in [-0.25, -0.2) is 13.1 Å². The molecule has 0 bridgehead atoms. The Kier molecular flexibility index (Phi) is 6.80. The van der Waals surface area contributed by atoms with Gasteiger partial charge in [0.15, 0.2) is 11.5 Å². The first-order chi connectivity index (χ1) is 15.9. The highest BCUT2D eigenvalue weighted by atomic mass is 32.2. The SMILES string of the molecule is CCN(CC)S(=O)(=O)c1ccc2c(c1)nnn2CCCC(=O)Nc1ccc2c(c1)OCCO2. The minimum absolute atomic E-state index is 0.122. The number of carbonyl (C=O) groups is 1. The van der Waals surface area contributed by atoms with Crippen LogP contribution in [0.3, 0.4) is 0 Å². The zero-order valence-corrected chi connectivity index (χ0v) is 19.5. The van der Waals surface area contributed by atoms with Crippen molar-refractivity contribution in [2.24, 2.45) is 0 Å². The normalized spacial score (nSPS) is 13.4. The number of nitrogens with zero attached hydrogens (tertiary/aromatic N) is 4. The molecule has 1 aliphatic heterocycles. The zero-order valence-electron chi connectivity index (χ0n) is 18.7. The third-order valence-corrected chi connectivity index (χ3v) is 7.47. The van der Waals surface area contributed by atoms with E-state index >= 15 is 0 Å². The molecule has 0 saturated heterocycles. The second-order valence-electron chi connectivity index (χ2n) is 7.56. The van der Waals surface area contributed by atoms with Gasteiger partial charge in [0, 0.05) is 37.8 Å². The quantitative estimate of drug-likeness (QED) is 0.508. The van der Waals surface area contributed by atoms with Crippen molar-refractivity contribution in [2.75, 3.05) is 31.6 Å². The van der Waals surface area contributed by atoms with Crippen molar-refractivity contribution in [2.45, 2.75) is 38.1 Å². The highest BCUT2D eigenvalue weighted by Crippen LogP contribution is 2.32. The van der Waals surface area contributed by atoms with E-state index in [1.54, 1.807) is 54.9 Å². The van der Waals surface area contributed by atoms with Crippen LogP contribution < -0.4 is 14.8 Å². The molecule has 176 valence electrons. The van der Waals surface area contributed by atoms with E-state index in [9.17, 15) is 13.2 Å².